The quantitative estimate of drug-likeness (QED) is 0.685. The predicted octanol–water partition coefficient (Wildman–Crippen LogP) is 2.52. The number of nitrogens with zero attached hydrogens (tertiary/aromatic N) is 1. The van der Waals surface area contributed by atoms with Crippen LogP contribution in [-0.4, -0.2) is 29.4 Å². The molecule has 1 atom stereocenters. The Labute approximate surface area is 153 Å². The van der Waals surface area contributed by atoms with Crippen LogP contribution in [0, 0.1) is 0 Å². The highest BCUT2D eigenvalue weighted by atomic mass is 32.1. The van der Waals surface area contributed by atoms with Gasteiger partial charge in [-0.1, -0.05) is 6.07 Å². The van der Waals surface area contributed by atoms with Crippen molar-refractivity contribution in [1.82, 2.24) is 10.3 Å². The summed E-state index contributed by atoms with van der Waals surface area (Å²) in [5.41, 5.74) is 0.551. The lowest BCUT2D eigenvalue weighted by molar-refractivity contribution is -0.142. The van der Waals surface area contributed by atoms with Crippen LogP contribution < -0.4 is 10.6 Å². The monoisotopic (exact) mass is 381 g/mol. The molecule has 2 heterocycles. The molecule has 0 spiro atoms. The van der Waals surface area contributed by atoms with Crippen molar-refractivity contribution >= 4 is 45.6 Å². The molecule has 134 valence electrons. The number of nitrogens with one attached hydrogen (secondary N) is 2. The third-order valence-electron chi connectivity index (χ3n) is 3.08. The van der Waals surface area contributed by atoms with Gasteiger partial charge < -0.3 is 15.4 Å². The summed E-state index contributed by atoms with van der Waals surface area (Å²) in [6.07, 6.45) is 0.177. The van der Waals surface area contributed by atoms with Crippen molar-refractivity contribution in [2.24, 2.45) is 0 Å². The molecule has 0 aliphatic rings. The molecule has 0 bridgehead atoms. The van der Waals surface area contributed by atoms with Crippen molar-refractivity contribution in [2.75, 3.05) is 11.9 Å². The summed E-state index contributed by atoms with van der Waals surface area (Å²) < 4.78 is 4.87. The second-order valence-electron chi connectivity index (χ2n) is 5.15. The van der Waals surface area contributed by atoms with Crippen LogP contribution in [0.1, 0.15) is 36.9 Å². The molecule has 0 aromatic carbocycles. The van der Waals surface area contributed by atoms with E-state index in [0.29, 0.717) is 17.4 Å². The SMILES string of the molecule is CCOC(=O)Cc1csc(NC(=O)CC(NC(C)=O)c2cccs2)n1. The highest BCUT2D eigenvalue weighted by Gasteiger charge is 2.19. The fraction of sp³-hybridized carbons (Fsp3) is 0.375. The molecule has 2 aromatic rings. The molecule has 2 amide bonds. The van der Waals surface area contributed by atoms with E-state index in [9.17, 15) is 14.4 Å². The van der Waals surface area contributed by atoms with Gasteiger partial charge in [0.05, 0.1) is 31.2 Å². The number of hydrogen-bond acceptors (Lipinski definition) is 7. The second kappa shape index (κ2) is 9.28. The van der Waals surface area contributed by atoms with Gasteiger partial charge in [0.1, 0.15) is 0 Å². The summed E-state index contributed by atoms with van der Waals surface area (Å²) in [7, 11) is 0. The van der Waals surface area contributed by atoms with Gasteiger partial charge in [0.2, 0.25) is 11.8 Å². The smallest absolute Gasteiger partial charge is 0.311 e. The van der Waals surface area contributed by atoms with Crippen molar-refractivity contribution in [3.63, 3.8) is 0 Å². The molecular weight excluding hydrogens is 362 g/mol. The average Bonchev–Trinajstić information content (AvgIpc) is 3.18. The summed E-state index contributed by atoms with van der Waals surface area (Å²) in [5, 5.41) is 9.49. The normalized spacial score (nSPS) is 11.6. The predicted molar refractivity (Wildman–Crippen MR) is 96.6 cm³/mol. The van der Waals surface area contributed by atoms with Gasteiger partial charge >= 0.3 is 5.97 Å². The van der Waals surface area contributed by atoms with Gasteiger partial charge in [-0.2, -0.15) is 0 Å². The Bertz CT molecular complexity index is 728. The van der Waals surface area contributed by atoms with Crippen molar-refractivity contribution in [2.45, 2.75) is 32.7 Å². The summed E-state index contributed by atoms with van der Waals surface area (Å²) in [6, 6.07) is 3.37. The first-order chi connectivity index (χ1) is 12.0. The Morgan fingerprint density at radius 3 is 2.76 bits per heavy atom. The third kappa shape index (κ3) is 6.28. The molecule has 0 fully saturated rings. The number of anilines is 1. The van der Waals surface area contributed by atoms with E-state index in [2.05, 4.69) is 15.6 Å². The minimum Gasteiger partial charge on any atom is -0.466 e. The molecule has 0 aliphatic heterocycles. The molecule has 2 aromatic heterocycles. The molecule has 7 nitrogen and oxygen atoms in total. The standard InChI is InChI=1S/C16H19N3O4S2/c1-3-23-15(22)7-11-9-25-16(18-11)19-14(21)8-12(17-10(2)20)13-5-4-6-24-13/h4-6,9,12H,3,7-8H2,1-2H3,(H,17,20)(H,18,19,21). The zero-order valence-electron chi connectivity index (χ0n) is 13.9. The topological polar surface area (TPSA) is 97.4 Å². The van der Waals surface area contributed by atoms with Crippen LogP contribution in [0.3, 0.4) is 0 Å². The van der Waals surface area contributed by atoms with Crippen LogP contribution in [-0.2, 0) is 25.5 Å². The minimum absolute atomic E-state index is 0.0733. The number of amides is 2. The second-order valence-corrected chi connectivity index (χ2v) is 6.98. The van der Waals surface area contributed by atoms with Gasteiger partial charge in [-0.15, -0.1) is 22.7 Å². The van der Waals surface area contributed by atoms with Gasteiger partial charge in [-0.05, 0) is 18.4 Å². The highest BCUT2D eigenvalue weighted by Crippen LogP contribution is 2.23. The molecule has 0 radical (unpaired) electrons. The van der Waals surface area contributed by atoms with Crippen molar-refractivity contribution < 1.29 is 19.1 Å². The zero-order valence-corrected chi connectivity index (χ0v) is 15.5. The molecule has 0 saturated heterocycles. The third-order valence-corrected chi connectivity index (χ3v) is 4.88. The van der Waals surface area contributed by atoms with Crippen molar-refractivity contribution in [3.05, 3.63) is 33.5 Å². The van der Waals surface area contributed by atoms with Crippen molar-refractivity contribution in [1.29, 1.82) is 0 Å². The van der Waals surface area contributed by atoms with E-state index in [-0.39, 0.29) is 36.7 Å². The van der Waals surface area contributed by atoms with Gasteiger partial charge in [-0.3, -0.25) is 14.4 Å². The zero-order chi connectivity index (χ0) is 18.2. The maximum absolute atomic E-state index is 12.3. The van der Waals surface area contributed by atoms with E-state index in [1.807, 2.05) is 17.5 Å². The number of carbonyl (C=O) groups is 3. The summed E-state index contributed by atoms with van der Waals surface area (Å²) in [5.74, 6) is -0.810. The number of esters is 1. The van der Waals surface area contributed by atoms with E-state index < -0.39 is 0 Å². The van der Waals surface area contributed by atoms with Gasteiger partial charge in [-0.25, -0.2) is 4.98 Å². The molecule has 9 heteroatoms. The molecule has 2 rings (SSSR count). The maximum Gasteiger partial charge on any atom is 0.311 e. The molecule has 25 heavy (non-hydrogen) atoms. The number of thiophene rings is 1. The van der Waals surface area contributed by atoms with Crippen LogP contribution in [0.2, 0.25) is 0 Å². The first-order valence-corrected chi connectivity index (χ1v) is 9.44. The van der Waals surface area contributed by atoms with Crippen LogP contribution >= 0.6 is 22.7 Å². The fourth-order valence-corrected chi connectivity index (χ4v) is 3.62. The summed E-state index contributed by atoms with van der Waals surface area (Å²) >= 11 is 2.72. The molecular formula is C16H19N3O4S2. The molecule has 2 N–H and O–H groups in total. The number of aromatic nitrogens is 1. The first kappa shape index (κ1) is 19.1. The van der Waals surface area contributed by atoms with Crippen LogP contribution in [0.5, 0.6) is 0 Å². The Morgan fingerprint density at radius 2 is 2.12 bits per heavy atom. The Balaban J connectivity index is 1.93. The Hall–Kier alpha value is -2.26. The number of ether oxygens (including phenoxy) is 1. The van der Waals surface area contributed by atoms with Crippen LogP contribution in [0.4, 0.5) is 5.13 Å². The van der Waals surface area contributed by atoms with E-state index in [1.165, 1.54) is 29.6 Å². The van der Waals surface area contributed by atoms with E-state index in [4.69, 9.17) is 4.74 Å². The van der Waals surface area contributed by atoms with E-state index >= 15 is 0 Å². The molecule has 0 aliphatic carbocycles. The largest absolute Gasteiger partial charge is 0.466 e. The van der Waals surface area contributed by atoms with Crippen molar-refractivity contribution in [3.8, 4) is 0 Å². The maximum atomic E-state index is 12.3. The van der Waals surface area contributed by atoms with E-state index in [0.717, 1.165) is 4.88 Å². The Morgan fingerprint density at radius 1 is 1.32 bits per heavy atom. The lowest BCUT2D eigenvalue weighted by Gasteiger charge is -2.15. The number of hydrogen-bond donors (Lipinski definition) is 2. The van der Waals surface area contributed by atoms with Crippen LogP contribution in [0.25, 0.3) is 0 Å². The first-order valence-electron chi connectivity index (χ1n) is 7.68. The van der Waals surface area contributed by atoms with Gasteiger partial charge in [0.25, 0.3) is 0 Å². The Kier molecular flexibility index (Phi) is 7.08. The lowest BCUT2D eigenvalue weighted by Crippen LogP contribution is -2.29. The number of thiazole rings is 1. The van der Waals surface area contributed by atoms with Gasteiger partial charge in [0, 0.05) is 17.2 Å². The lowest BCUT2D eigenvalue weighted by atomic mass is 10.1. The fourth-order valence-electron chi connectivity index (χ4n) is 2.12. The summed E-state index contributed by atoms with van der Waals surface area (Å²) in [6.45, 7) is 3.48. The minimum atomic E-state index is -0.378. The van der Waals surface area contributed by atoms with E-state index in [1.54, 1.807) is 12.3 Å². The molecule has 1 unspecified atom stereocenters. The molecule has 0 saturated carbocycles. The number of rotatable bonds is 8. The number of carbonyl (C=O) groups excluding carboxylic acids is 3. The average molecular weight is 381 g/mol. The highest BCUT2D eigenvalue weighted by molar-refractivity contribution is 7.14. The van der Waals surface area contributed by atoms with Gasteiger partial charge in [0.15, 0.2) is 5.13 Å². The van der Waals surface area contributed by atoms with Crippen LogP contribution in [0.15, 0.2) is 22.9 Å². The summed E-state index contributed by atoms with van der Waals surface area (Å²) in [4.78, 5) is 40.2.